The summed E-state index contributed by atoms with van der Waals surface area (Å²) in [6, 6.07) is 7.28. The summed E-state index contributed by atoms with van der Waals surface area (Å²) in [6.07, 6.45) is 3.55. The molecule has 0 saturated heterocycles. The molecular formula is C22H18O6. The average Bonchev–Trinajstić information content (AvgIpc) is 3.12. The van der Waals surface area contributed by atoms with Gasteiger partial charge in [0.1, 0.15) is 35.6 Å². The van der Waals surface area contributed by atoms with Gasteiger partial charge in [-0.05, 0) is 44.2 Å². The first-order chi connectivity index (χ1) is 13.5. The molecule has 0 unspecified atom stereocenters. The van der Waals surface area contributed by atoms with Crippen LogP contribution in [0.1, 0.15) is 41.3 Å². The Morgan fingerprint density at radius 3 is 2.68 bits per heavy atom. The fourth-order valence-corrected chi connectivity index (χ4v) is 4.26. The predicted octanol–water partition coefficient (Wildman–Crippen LogP) is 3.72. The maximum absolute atomic E-state index is 13.5. The third kappa shape index (κ3) is 2.11. The number of Topliss-reactive ketones (excluding diaryl/α,β-unsaturated/α-hetero) is 1. The Bertz CT molecular complexity index is 1070. The van der Waals surface area contributed by atoms with Crippen molar-refractivity contribution in [2.24, 2.45) is 0 Å². The molecule has 0 aliphatic carbocycles. The van der Waals surface area contributed by atoms with Crippen LogP contribution in [0.25, 0.3) is 6.08 Å². The molecule has 4 aliphatic rings. The van der Waals surface area contributed by atoms with Crippen LogP contribution in [0.15, 0.2) is 30.3 Å². The molecule has 2 atom stereocenters. The van der Waals surface area contributed by atoms with Crippen LogP contribution in [-0.2, 0) is 0 Å². The number of ketones is 1. The normalized spacial score (nSPS) is 24.7. The van der Waals surface area contributed by atoms with Gasteiger partial charge in [-0.15, -0.1) is 0 Å². The Labute approximate surface area is 161 Å². The third-order valence-electron chi connectivity index (χ3n) is 5.61. The largest absolute Gasteiger partial charge is 0.489 e. The summed E-state index contributed by atoms with van der Waals surface area (Å²) in [5, 5.41) is 0. The van der Waals surface area contributed by atoms with Crippen molar-refractivity contribution in [1.29, 1.82) is 0 Å². The first-order valence-corrected chi connectivity index (χ1v) is 9.33. The van der Waals surface area contributed by atoms with Crippen LogP contribution in [0, 0.1) is 0 Å². The fraction of sp³-hybridized carbons (Fsp3) is 0.318. The lowest BCUT2D eigenvalue weighted by Crippen LogP contribution is -2.43. The van der Waals surface area contributed by atoms with E-state index in [0.717, 1.165) is 16.9 Å². The van der Waals surface area contributed by atoms with Gasteiger partial charge in [-0.2, -0.15) is 0 Å². The molecule has 0 saturated carbocycles. The van der Waals surface area contributed by atoms with E-state index in [4.69, 9.17) is 23.7 Å². The third-order valence-corrected chi connectivity index (χ3v) is 5.61. The van der Waals surface area contributed by atoms with Crippen LogP contribution in [0.4, 0.5) is 0 Å². The minimum Gasteiger partial charge on any atom is -0.489 e. The molecule has 28 heavy (non-hydrogen) atoms. The molecule has 0 bridgehead atoms. The highest BCUT2D eigenvalue weighted by Crippen LogP contribution is 2.50. The lowest BCUT2D eigenvalue weighted by atomic mass is 9.81. The monoisotopic (exact) mass is 378 g/mol. The first kappa shape index (κ1) is 15.9. The van der Waals surface area contributed by atoms with Gasteiger partial charge in [0.05, 0.1) is 17.0 Å². The van der Waals surface area contributed by atoms with Crippen molar-refractivity contribution in [3.8, 4) is 28.7 Å². The number of carbonyl (C=O) groups excluding carboxylic acids is 1. The second-order valence-corrected chi connectivity index (χ2v) is 7.95. The molecule has 6 rings (SSSR count). The van der Waals surface area contributed by atoms with Crippen molar-refractivity contribution in [2.45, 2.75) is 31.5 Å². The molecule has 0 amide bonds. The summed E-state index contributed by atoms with van der Waals surface area (Å²) < 4.78 is 29.1. The zero-order valence-corrected chi connectivity index (χ0v) is 15.5. The van der Waals surface area contributed by atoms with Gasteiger partial charge in [0, 0.05) is 11.6 Å². The Morgan fingerprint density at radius 1 is 1.00 bits per heavy atom. The van der Waals surface area contributed by atoms with Crippen molar-refractivity contribution >= 4 is 11.9 Å². The number of carbonyl (C=O) groups is 1. The van der Waals surface area contributed by atoms with Gasteiger partial charge in [0.2, 0.25) is 6.79 Å². The quantitative estimate of drug-likeness (QED) is 0.696. The maximum atomic E-state index is 13.5. The number of hydrogen-bond acceptors (Lipinski definition) is 6. The molecule has 0 aromatic heterocycles. The number of benzene rings is 2. The number of ether oxygens (including phenoxy) is 5. The molecule has 2 aromatic carbocycles. The van der Waals surface area contributed by atoms with Crippen LogP contribution in [0.5, 0.6) is 28.7 Å². The highest BCUT2D eigenvalue weighted by molar-refractivity contribution is 6.06. The van der Waals surface area contributed by atoms with E-state index in [0.29, 0.717) is 35.2 Å². The van der Waals surface area contributed by atoms with Gasteiger partial charge in [0.25, 0.3) is 0 Å². The molecule has 0 radical (unpaired) electrons. The zero-order valence-electron chi connectivity index (χ0n) is 15.5. The van der Waals surface area contributed by atoms with Crippen molar-refractivity contribution < 1.29 is 28.5 Å². The second-order valence-electron chi connectivity index (χ2n) is 7.95. The summed E-state index contributed by atoms with van der Waals surface area (Å²) >= 11 is 0. The summed E-state index contributed by atoms with van der Waals surface area (Å²) in [5.74, 6) is 2.80. The smallest absolute Gasteiger partial charge is 0.231 e. The van der Waals surface area contributed by atoms with Crippen molar-refractivity contribution in [3.63, 3.8) is 0 Å². The van der Waals surface area contributed by atoms with Crippen LogP contribution in [0.3, 0.4) is 0 Å². The highest BCUT2D eigenvalue weighted by atomic mass is 16.7. The van der Waals surface area contributed by atoms with Gasteiger partial charge < -0.3 is 23.7 Å². The van der Waals surface area contributed by atoms with E-state index in [-0.39, 0.29) is 12.6 Å². The minimum atomic E-state index is -0.436. The van der Waals surface area contributed by atoms with Crippen LogP contribution in [0.2, 0.25) is 0 Å². The Balaban J connectivity index is 1.47. The predicted molar refractivity (Wildman–Crippen MR) is 99.7 cm³/mol. The summed E-state index contributed by atoms with van der Waals surface area (Å²) in [7, 11) is 0. The van der Waals surface area contributed by atoms with Crippen LogP contribution in [-0.4, -0.2) is 30.9 Å². The van der Waals surface area contributed by atoms with Gasteiger partial charge in [-0.3, -0.25) is 4.79 Å². The standard InChI is InChI=1S/C22H18O6/c1-22(2)6-5-11-14(28-22)4-3-12-20(23)19-13-7-16-17(26-10-25-16)8-15(13)24-9-18(19)27-21(11)12/h3-8,18-19H,9-10H2,1-2H3/t18-,19+/m0/s1. The second kappa shape index (κ2) is 5.22. The van der Waals surface area contributed by atoms with Crippen molar-refractivity contribution in [1.82, 2.24) is 0 Å². The molecule has 2 aromatic rings. The van der Waals surface area contributed by atoms with Crippen molar-refractivity contribution in [2.75, 3.05) is 13.4 Å². The van der Waals surface area contributed by atoms with Gasteiger partial charge in [-0.1, -0.05) is 0 Å². The molecule has 4 aliphatic heterocycles. The van der Waals surface area contributed by atoms with E-state index in [9.17, 15) is 4.79 Å². The fourth-order valence-electron chi connectivity index (χ4n) is 4.26. The molecule has 142 valence electrons. The van der Waals surface area contributed by atoms with Gasteiger partial charge in [0.15, 0.2) is 17.3 Å². The summed E-state index contributed by atoms with van der Waals surface area (Å²) in [4.78, 5) is 13.5. The number of fused-ring (bicyclic) bond motifs is 7. The Hall–Kier alpha value is -3.15. The SMILES string of the molecule is CC1(C)C=Cc2c(ccc3c2O[C@H]2COc4cc5c(cc4[C@H]2C3=O)OCO5)O1. The van der Waals surface area contributed by atoms with Crippen molar-refractivity contribution in [3.05, 3.63) is 47.0 Å². The highest BCUT2D eigenvalue weighted by Gasteiger charge is 2.45. The van der Waals surface area contributed by atoms with E-state index in [1.807, 2.05) is 38.1 Å². The molecule has 0 fully saturated rings. The molecule has 6 heteroatoms. The average molecular weight is 378 g/mol. The zero-order chi connectivity index (χ0) is 19.0. The lowest BCUT2D eigenvalue weighted by Gasteiger charge is -2.38. The van der Waals surface area contributed by atoms with Gasteiger partial charge >= 0.3 is 0 Å². The van der Waals surface area contributed by atoms with Crippen LogP contribution < -0.4 is 23.7 Å². The molecule has 4 heterocycles. The molecule has 0 N–H and O–H groups in total. The molecular weight excluding hydrogens is 360 g/mol. The number of hydrogen-bond donors (Lipinski definition) is 0. The van der Waals surface area contributed by atoms with Crippen LogP contribution >= 0.6 is 0 Å². The summed E-state index contributed by atoms with van der Waals surface area (Å²) in [5.41, 5.74) is 1.76. The molecule has 0 spiro atoms. The summed E-state index contributed by atoms with van der Waals surface area (Å²) in [6.45, 7) is 4.45. The van der Waals surface area contributed by atoms with E-state index < -0.39 is 17.6 Å². The maximum Gasteiger partial charge on any atom is 0.231 e. The number of rotatable bonds is 0. The minimum absolute atomic E-state index is 0.0238. The lowest BCUT2D eigenvalue weighted by molar-refractivity contribution is 0.0554. The van der Waals surface area contributed by atoms with Gasteiger partial charge in [-0.25, -0.2) is 0 Å². The molecule has 6 nitrogen and oxygen atoms in total. The Morgan fingerprint density at radius 2 is 1.82 bits per heavy atom. The van der Waals surface area contributed by atoms with E-state index in [1.165, 1.54) is 0 Å². The van der Waals surface area contributed by atoms with E-state index in [2.05, 4.69) is 0 Å². The first-order valence-electron chi connectivity index (χ1n) is 9.33. The topological polar surface area (TPSA) is 63.2 Å². The van der Waals surface area contributed by atoms with E-state index >= 15 is 0 Å². The Kier molecular flexibility index (Phi) is 2.96. The van der Waals surface area contributed by atoms with E-state index in [1.54, 1.807) is 12.1 Å².